The molecule has 0 aliphatic carbocycles. The second kappa shape index (κ2) is 6.64. The summed E-state index contributed by atoms with van der Waals surface area (Å²) in [6.07, 6.45) is -1.87. The molecule has 22 heavy (non-hydrogen) atoms. The number of hydrogen-bond donors (Lipinski definition) is 1. The summed E-state index contributed by atoms with van der Waals surface area (Å²) in [7, 11) is 0. The summed E-state index contributed by atoms with van der Waals surface area (Å²) >= 11 is 0. The van der Waals surface area contributed by atoms with Gasteiger partial charge in [-0.1, -0.05) is 12.1 Å². The predicted molar refractivity (Wildman–Crippen MR) is 78.5 cm³/mol. The number of hydrogen-bond acceptors (Lipinski definition) is 3. The SMILES string of the molecule is Cl.FC(F)(F)Oc1cccc([C@H]2COC3(CCNCC3)C2)c1. The van der Waals surface area contributed by atoms with Gasteiger partial charge in [0.25, 0.3) is 0 Å². The van der Waals surface area contributed by atoms with Gasteiger partial charge in [0.05, 0.1) is 12.2 Å². The number of alkyl halides is 3. The Hall–Kier alpha value is -0.980. The maximum atomic E-state index is 12.3. The molecule has 1 aromatic rings. The first-order valence-corrected chi connectivity index (χ1v) is 7.16. The molecular formula is C15H19ClF3NO2. The summed E-state index contributed by atoms with van der Waals surface area (Å²) in [5.41, 5.74) is 0.753. The van der Waals surface area contributed by atoms with E-state index in [2.05, 4.69) is 10.1 Å². The van der Waals surface area contributed by atoms with Crippen molar-refractivity contribution in [2.75, 3.05) is 19.7 Å². The molecule has 2 aliphatic heterocycles. The van der Waals surface area contributed by atoms with E-state index in [0.29, 0.717) is 6.61 Å². The van der Waals surface area contributed by atoms with E-state index in [9.17, 15) is 13.2 Å². The number of halogens is 4. The minimum atomic E-state index is -4.65. The van der Waals surface area contributed by atoms with Crippen LogP contribution < -0.4 is 10.1 Å². The Balaban J connectivity index is 0.00000176. The van der Waals surface area contributed by atoms with Crippen molar-refractivity contribution < 1.29 is 22.6 Å². The van der Waals surface area contributed by atoms with Gasteiger partial charge in [-0.25, -0.2) is 0 Å². The minimum Gasteiger partial charge on any atom is -0.406 e. The third kappa shape index (κ3) is 4.06. The van der Waals surface area contributed by atoms with Crippen LogP contribution in [-0.4, -0.2) is 31.7 Å². The van der Waals surface area contributed by atoms with E-state index in [1.807, 2.05) is 6.07 Å². The third-order valence-corrected chi connectivity index (χ3v) is 4.29. The van der Waals surface area contributed by atoms with Crippen LogP contribution in [0.5, 0.6) is 5.75 Å². The number of piperidine rings is 1. The standard InChI is InChI=1S/C15H18F3NO2.ClH/c16-15(17,18)21-13-3-1-2-11(8-13)12-9-14(20-10-12)4-6-19-7-5-14;/h1-3,8,12,19H,4-7,9-10H2;1H/t12-;/m1./s1. The Kier molecular flexibility index (Phi) is 5.25. The van der Waals surface area contributed by atoms with Crippen LogP contribution in [0.25, 0.3) is 0 Å². The van der Waals surface area contributed by atoms with Crippen molar-refractivity contribution in [3.05, 3.63) is 29.8 Å². The number of benzene rings is 1. The van der Waals surface area contributed by atoms with Crippen LogP contribution in [-0.2, 0) is 4.74 Å². The molecule has 2 heterocycles. The summed E-state index contributed by atoms with van der Waals surface area (Å²) in [5.74, 6) is -0.0221. The zero-order valence-corrected chi connectivity index (χ0v) is 12.8. The molecule has 7 heteroatoms. The average Bonchev–Trinajstić information content (AvgIpc) is 2.82. The zero-order valence-electron chi connectivity index (χ0n) is 12.0. The van der Waals surface area contributed by atoms with Gasteiger partial charge < -0.3 is 14.8 Å². The molecule has 3 rings (SSSR count). The first kappa shape index (κ1) is 17.4. The molecule has 0 amide bonds. The second-order valence-corrected chi connectivity index (χ2v) is 5.77. The van der Waals surface area contributed by atoms with Crippen molar-refractivity contribution in [3.8, 4) is 5.75 Å². The first-order chi connectivity index (χ1) is 9.96. The summed E-state index contributed by atoms with van der Waals surface area (Å²) in [6.45, 7) is 2.43. The lowest BCUT2D eigenvalue weighted by atomic mass is 9.84. The van der Waals surface area contributed by atoms with Gasteiger partial charge in [-0.15, -0.1) is 25.6 Å². The number of nitrogens with one attached hydrogen (secondary N) is 1. The van der Waals surface area contributed by atoms with Crippen LogP contribution in [0.3, 0.4) is 0 Å². The van der Waals surface area contributed by atoms with Crippen molar-refractivity contribution in [2.24, 2.45) is 0 Å². The van der Waals surface area contributed by atoms with Crippen LogP contribution in [0.1, 0.15) is 30.7 Å². The lowest BCUT2D eigenvalue weighted by Gasteiger charge is -2.33. The fourth-order valence-corrected chi connectivity index (χ4v) is 3.25. The van der Waals surface area contributed by atoms with Crippen molar-refractivity contribution in [1.29, 1.82) is 0 Å². The molecule has 2 aliphatic rings. The Morgan fingerprint density at radius 2 is 1.95 bits per heavy atom. The van der Waals surface area contributed by atoms with E-state index in [-0.39, 0.29) is 29.7 Å². The van der Waals surface area contributed by atoms with Crippen LogP contribution in [0.4, 0.5) is 13.2 Å². The van der Waals surface area contributed by atoms with Gasteiger partial charge in [0.1, 0.15) is 5.75 Å². The highest BCUT2D eigenvalue weighted by Crippen LogP contribution is 2.42. The van der Waals surface area contributed by atoms with Crippen LogP contribution >= 0.6 is 12.4 Å². The fraction of sp³-hybridized carbons (Fsp3) is 0.600. The lowest BCUT2D eigenvalue weighted by Crippen LogP contribution is -2.41. The van der Waals surface area contributed by atoms with Crippen molar-refractivity contribution in [3.63, 3.8) is 0 Å². The Bertz CT molecular complexity index is 504. The molecule has 0 bridgehead atoms. The Labute approximate surface area is 133 Å². The van der Waals surface area contributed by atoms with Crippen molar-refractivity contribution in [2.45, 2.75) is 37.1 Å². The monoisotopic (exact) mass is 337 g/mol. The van der Waals surface area contributed by atoms with Crippen LogP contribution in [0.2, 0.25) is 0 Å². The Morgan fingerprint density at radius 3 is 2.64 bits per heavy atom. The van der Waals surface area contributed by atoms with Gasteiger partial charge in [0.15, 0.2) is 0 Å². The summed E-state index contributed by atoms with van der Waals surface area (Å²) in [4.78, 5) is 0. The van der Waals surface area contributed by atoms with Gasteiger partial charge in [-0.05, 0) is 50.0 Å². The van der Waals surface area contributed by atoms with Gasteiger partial charge in [0, 0.05) is 5.92 Å². The maximum absolute atomic E-state index is 12.3. The van der Waals surface area contributed by atoms with E-state index in [0.717, 1.165) is 37.9 Å². The molecule has 1 spiro atoms. The topological polar surface area (TPSA) is 30.5 Å². The third-order valence-electron chi connectivity index (χ3n) is 4.29. The molecule has 1 N–H and O–H groups in total. The highest BCUT2D eigenvalue weighted by atomic mass is 35.5. The van der Waals surface area contributed by atoms with E-state index < -0.39 is 6.36 Å². The smallest absolute Gasteiger partial charge is 0.406 e. The molecule has 3 nitrogen and oxygen atoms in total. The predicted octanol–water partition coefficient (Wildman–Crippen LogP) is 3.63. The zero-order chi connectivity index (χ0) is 14.9. The van der Waals surface area contributed by atoms with Gasteiger partial charge in [-0.3, -0.25) is 0 Å². The van der Waals surface area contributed by atoms with Gasteiger partial charge in [-0.2, -0.15) is 0 Å². The molecule has 0 radical (unpaired) electrons. The Morgan fingerprint density at radius 1 is 1.23 bits per heavy atom. The quantitative estimate of drug-likeness (QED) is 0.894. The largest absolute Gasteiger partial charge is 0.573 e. The first-order valence-electron chi connectivity index (χ1n) is 7.16. The molecule has 1 aromatic carbocycles. The molecule has 2 saturated heterocycles. The molecule has 1 atom stereocenters. The van der Waals surface area contributed by atoms with Crippen LogP contribution in [0, 0.1) is 0 Å². The average molecular weight is 338 g/mol. The molecule has 0 aromatic heterocycles. The lowest BCUT2D eigenvalue weighted by molar-refractivity contribution is -0.274. The molecule has 124 valence electrons. The van der Waals surface area contributed by atoms with E-state index in [1.165, 1.54) is 12.1 Å². The summed E-state index contributed by atoms with van der Waals surface area (Å²) < 4.78 is 46.8. The molecule has 2 fully saturated rings. The van der Waals surface area contributed by atoms with Crippen molar-refractivity contribution in [1.82, 2.24) is 5.32 Å². The van der Waals surface area contributed by atoms with E-state index in [4.69, 9.17) is 4.74 Å². The normalized spacial score (nSPS) is 24.0. The molecule has 0 saturated carbocycles. The number of rotatable bonds is 2. The van der Waals surface area contributed by atoms with Crippen molar-refractivity contribution >= 4 is 12.4 Å². The molecular weight excluding hydrogens is 319 g/mol. The molecule has 0 unspecified atom stereocenters. The highest BCUT2D eigenvalue weighted by Gasteiger charge is 2.41. The maximum Gasteiger partial charge on any atom is 0.573 e. The minimum absolute atomic E-state index is 0. The van der Waals surface area contributed by atoms with E-state index in [1.54, 1.807) is 6.07 Å². The van der Waals surface area contributed by atoms with Crippen LogP contribution in [0.15, 0.2) is 24.3 Å². The van der Waals surface area contributed by atoms with Gasteiger partial charge in [0.2, 0.25) is 0 Å². The van der Waals surface area contributed by atoms with E-state index >= 15 is 0 Å². The number of ether oxygens (including phenoxy) is 2. The summed E-state index contributed by atoms with van der Waals surface area (Å²) in [6, 6.07) is 6.25. The highest BCUT2D eigenvalue weighted by molar-refractivity contribution is 5.85. The summed E-state index contributed by atoms with van der Waals surface area (Å²) in [5, 5.41) is 3.30. The van der Waals surface area contributed by atoms with Gasteiger partial charge >= 0.3 is 6.36 Å². The second-order valence-electron chi connectivity index (χ2n) is 5.77. The fourth-order valence-electron chi connectivity index (χ4n) is 3.25.